The average Bonchev–Trinajstić information content (AvgIpc) is 2.41. The van der Waals surface area contributed by atoms with Crippen molar-refractivity contribution in [2.24, 2.45) is 0 Å². The molecule has 2 aromatic rings. The van der Waals surface area contributed by atoms with Gasteiger partial charge in [0.15, 0.2) is 6.61 Å². The van der Waals surface area contributed by atoms with Crippen LogP contribution in [0, 0.1) is 0 Å². The third kappa shape index (κ3) is 3.56. The van der Waals surface area contributed by atoms with E-state index in [0.29, 0.717) is 5.75 Å². The number of carbonyl (C=O) groups is 1. The fourth-order valence-electron chi connectivity index (χ4n) is 1.35. The molecule has 7 heteroatoms. The van der Waals surface area contributed by atoms with Crippen molar-refractivity contribution in [2.45, 2.75) is 0 Å². The molecule has 1 aromatic heterocycles. The van der Waals surface area contributed by atoms with Crippen LogP contribution in [0.15, 0.2) is 46.1 Å². The van der Waals surface area contributed by atoms with Gasteiger partial charge in [-0.2, -0.15) is 0 Å². The Morgan fingerprint density at radius 3 is 2.63 bits per heavy atom. The lowest BCUT2D eigenvalue weighted by molar-refractivity contribution is -0.118. The van der Waals surface area contributed by atoms with Crippen molar-refractivity contribution >= 4 is 11.6 Å². The molecule has 0 saturated heterocycles. The fourth-order valence-corrected chi connectivity index (χ4v) is 1.35. The number of ether oxygens (including phenoxy) is 1. The number of aromatic nitrogens is 2. The first kappa shape index (κ1) is 12.6. The summed E-state index contributed by atoms with van der Waals surface area (Å²) in [6.07, 6.45) is 1.13. The second-order valence-corrected chi connectivity index (χ2v) is 3.64. The van der Waals surface area contributed by atoms with Crippen LogP contribution in [0.2, 0.25) is 0 Å². The van der Waals surface area contributed by atoms with Crippen molar-refractivity contribution < 1.29 is 9.53 Å². The Morgan fingerprint density at radius 1 is 1.21 bits per heavy atom. The number of hydrogen-bond donors (Lipinski definition) is 3. The lowest BCUT2D eigenvalue weighted by atomic mass is 10.3. The van der Waals surface area contributed by atoms with E-state index in [0.717, 1.165) is 6.20 Å². The van der Waals surface area contributed by atoms with Gasteiger partial charge in [-0.25, -0.2) is 4.79 Å². The fraction of sp³-hybridized carbons (Fsp3) is 0.0833. The minimum absolute atomic E-state index is 0.0405. The highest BCUT2D eigenvalue weighted by atomic mass is 16.5. The molecule has 2 rings (SSSR count). The molecule has 0 atom stereocenters. The number of anilines is 1. The van der Waals surface area contributed by atoms with E-state index in [-0.39, 0.29) is 12.3 Å². The largest absolute Gasteiger partial charge is 0.484 e. The Balaban J connectivity index is 1.95. The summed E-state index contributed by atoms with van der Waals surface area (Å²) in [5, 5.41) is 2.33. The number of nitrogens with one attached hydrogen (secondary N) is 3. The summed E-state index contributed by atoms with van der Waals surface area (Å²) in [5.41, 5.74) is -1.35. The van der Waals surface area contributed by atoms with Crippen LogP contribution in [-0.4, -0.2) is 22.5 Å². The van der Waals surface area contributed by atoms with Crippen molar-refractivity contribution in [3.8, 4) is 5.75 Å². The quantitative estimate of drug-likeness (QED) is 0.725. The molecule has 1 heterocycles. The van der Waals surface area contributed by atoms with E-state index in [1.54, 1.807) is 24.3 Å². The van der Waals surface area contributed by atoms with E-state index >= 15 is 0 Å². The molecule has 0 bridgehead atoms. The molecule has 0 unspecified atom stereocenters. The number of aromatic amines is 2. The van der Waals surface area contributed by atoms with Crippen LogP contribution in [0.3, 0.4) is 0 Å². The number of hydrogen-bond acceptors (Lipinski definition) is 4. The minimum Gasteiger partial charge on any atom is -0.484 e. The molecular formula is C12H11N3O4. The van der Waals surface area contributed by atoms with Crippen molar-refractivity contribution in [3.05, 3.63) is 57.4 Å². The maximum absolute atomic E-state index is 11.5. The van der Waals surface area contributed by atoms with Crippen LogP contribution >= 0.6 is 0 Å². The van der Waals surface area contributed by atoms with Gasteiger partial charge in [-0.05, 0) is 12.1 Å². The molecule has 3 N–H and O–H groups in total. The smallest absolute Gasteiger partial charge is 0.325 e. The van der Waals surface area contributed by atoms with Gasteiger partial charge in [0.25, 0.3) is 11.5 Å². The maximum Gasteiger partial charge on any atom is 0.325 e. The molecule has 19 heavy (non-hydrogen) atoms. The number of carbonyl (C=O) groups excluding carboxylic acids is 1. The van der Waals surface area contributed by atoms with Crippen LogP contribution in [-0.2, 0) is 4.79 Å². The summed E-state index contributed by atoms with van der Waals surface area (Å²) < 4.78 is 5.21. The third-order valence-electron chi connectivity index (χ3n) is 2.21. The molecule has 7 nitrogen and oxygen atoms in total. The van der Waals surface area contributed by atoms with Gasteiger partial charge >= 0.3 is 5.69 Å². The molecule has 0 aliphatic rings. The summed E-state index contributed by atoms with van der Waals surface area (Å²) >= 11 is 0. The van der Waals surface area contributed by atoms with Gasteiger partial charge in [0, 0.05) is 6.20 Å². The van der Waals surface area contributed by atoms with Crippen molar-refractivity contribution in [1.82, 2.24) is 9.97 Å². The first-order chi connectivity index (χ1) is 9.15. The summed E-state index contributed by atoms with van der Waals surface area (Å²) in [6.45, 7) is -0.234. The highest BCUT2D eigenvalue weighted by molar-refractivity contribution is 5.91. The maximum atomic E-state index is 11.5. The summed E-state index contributed by atoms with van der Waals surface area (Å²) in [6, 6.07) is 8.80. The van der Waals surface area contributed by atoms with E-state index in [1.807, 2.05) is 11.1 Å². The average molecular weight is 261 g/mol. The summed E-state index contributed by atoms with van der Waals surface area (Å²) in [4.78, 5) is 37.9. The Hall–Kier alpha value is -2.83. The summed E-state index contributed by atoms with van der Waals surface area (Å²) in [7, 11) is 0. The normalized spacial score (nSPS) is 9.89. The van der Waals surface area contributed by atoms with Crippen LogP contribution in [0.4, 0.5) is 5.69 Å². The highest BCUT2D eigenvalue weighted by Crippen LogP contribution is 2.07. The molecular weight excluding hydrogens is 250 g/mol. The van der Waals surface area contributed by atoms with Gasteiger partial charge in [-0.3, -0.25) is 14.6 Å². The van der Waals surface area contributed by atoms with Gasteiger partial charge in [0.2, 0.25) is 0 Å². The Labute approximate surface area is 107 Å². The van der Waals surface area contributed by atoms with E-state index in [4.69, 9.17) is 4.74 Å². The molecule has 0 aliphatic carbocycles. The SMILES string of the molecule is O=C(COc1ccccc1)Nc1c[nH]c(=O)[nH]c1=O. The molecule has 1 amide bonds. The van der Waals surface area contributed by atoms with Crippen LogP contribution in [0.25, 0.3) is 0 Å². The Morgan fingerprint density at radius 2 is 1.95 bits per heavy atom. The Kier molecular flexibility index (Phi) is 3.77. The van der Waals surface area contributed by atoms with Gasteiger partial charge in [0.05, 0.1) is 0 Å². The second-order valence-electron chi connectivity index (χ2n) is 3.64. The minimum atomic E-state index is -0.670. The molecule has 0 radical (unpaired) electrons. The first-order valence-corrected chi connectivity index (χ1v) is 5.45. The zero-order valence-electron chi connectivity index (χ0n) is 9.80. The van der Waals surface area contributed by atoms with E-state index < -0.39 is 17.2 Å². The van der Waals surface area contributed by atoms with Crippen LogP contribution in [0.5, 0.6) is 5.75 Å². The molecule has 1 aromatic carbocycles. The van der Waals surface area contributed by atoms with Crippen LogP contribution in [0.1, 0.15) is 0 Å². The van der Waals surface area contributed by atoms with E-state index in [2.05, 4.69) is 10.3 Å². The molecule has 98 valence electrons. The third-order valence-corrected chi connectivity index (χ3v) is 2.21. The lowest BCUT2D eigenvalue weighted by Gasteiger charge is -2.06. The highest BCUT2D eigenvalue weighted by Gasteiger charge is 2.06. The number of para-hydroxylation sites is 1. The second kappa shape index (κ2) is 5.67. The van der Waals surface area contributed by atoms with Gasteiger partial charge in [-0.15, -0.1) is 0 Å². The molecule has 0 aliphatic heterocycles. The Bertz CT molecular complexity index is 675. The predicted octanol–water partition coefficient (Wildman–Crippen LogP) is 0.0807. The molecule has 0 spiro atoms. The number of rotatable bonds is 4. The van der Waals surface area contributed by atoms with Gasteiger partial charge in [0.1, 0.15) is 11.4 Å². The zero-order chi connectivity index (χ0) is 13.7. The molecule has 0 fully saturated rings. The predicted molar refractivity (Wildman–Crippen MR) is 68.3 cm³/mol. The molecule has 0 saturated carbocycles. The van der Waals surface area contributed by atoms with E-state index in [1.165, 1.54) is 0 Å². The number of amides is 1. The first-order valence-electron chi connectivity index (χ1n) is 5.45. The number of H-pyrrole nitrogens is 2. The lowest BCUT2D eigenvalue weighted by Crippen LogP contribution is -2.28. The van der Waals surface area contributed by atoms with Crippen molar-refractivity contribution in [3.63, 3.8) is 0 Å². The monoisotopic (exact) mass is 261 g/mol. The van der Waals surface area contributed by atoms with Gasteiger partial charge in [-0.1, -0.05) is 18.2 Å². The van der Waals surface area contributed by atoms with Crippen molar-refractivity contribution in [2.75, 3.05) is 11.9 Å². The zero-order valence-corrected chi connectivity index (χ0v) is 9.80. The standard InChI is InChI=1S/C12H11N3O4/c16-10(7-19-8-4-2-1-3-5-8)14-9-6-13-12(18)15-11(9)17/h1-6H,7H2,(H,14,16)(H2,13,15,17,18). The van der Waals surface area contributed by atoms with Crippen LogP contribution < -0.4 is 21.3 Å². The summed E-state index contributed by atoms with van der Waals surface area (Å²) in [5.74, 6) is 0.0504. The van der Waals surface area contributed by atoms with Crippen molar-refractivity contribution in [1.29, 1.82) is 0 Å². The number of benzene rings is 1. The topological polar surface area (TPSA) is 104 Å². The van der Waals surface area contributed by atoms with E-state index in [9.17, 15) is 14.4 Å². The van der Waals surface area contributed by atoms with Gasteiger partial charge < -0.3 is 15.0 Å².